The Labute approximate surface area is 191 Å². The molecule has 2 aromatic rings. The summed E-state index contributed by atoms with van der Waals surface area (Å²) in [5.41, 5.74) is 4.55. The van der Waals surface area contributed by atoms with Crippen molar-refractivity contribution in [3.8, 4) is 5.75 Å². The van der Waals surface area contributed by atoms with Crippen LogP contribution in [0.15, 0.2) is 42.5 Å². The summed E-state index contributed by atoms with van der Waals surface area (Å²) in [6, 6.07) is 14.8. The first-order valence-electron chi connectivity index (χ1n) is 11.7. The van der Waals surface area contributed by atoms with Crippen LogP contribution in [0.3, 0.4) is 0 Å². The Balaban J connectivity index is 1.70. The van der Waals surface area contributed by atoms with Crippen molar-refractivity contribution in [3.05, 3.63) is 59.2 Å². The highest BCUT2D eigenvalue weighted by Gasteiger charge is 2.47. The molecule has 1 saturated heterocycles. The summed E-state index contributed by atoms with van der Waals surface area (Å²) >= 11 is 0. The van der Waals surface area contributed by atoms with Gasteiger partial charge in [-0.15, -0.1) is 0 Å². The molecule has 2 aliphatic rings. The Morgan fingerprint density at radius 1 is 1.06 bits per heavy atom. The van der Waals surface area contributed by atoms with Crippen LogP contribution in [0.5, 0.6) is 5.75 Å². The third-order valence-electron chi connectivity index (χ3n) is 7.17. The number of likely N-dealkylation sites (tertiary alicyclic amines) is 1. The van der Waals surface area contributed by atoms with Crippen molar-refractivity contribution in [2.24, 2.45) is 5.92 Å². The lowest BCUT2D eigenvalue weighted by molar-refractivity contribution is -0.130. The van der Waals surface area contributed by atoms with Crippen molar-refractivity contribution in [1.82, 2.24) is 4.90 Å². The second-order valence-electron chi connectivity index (χ2n) is 9.53. The van der Waals surface area contributed by atoms with Gasteiger partial charge in [-0.3, -0.25) is 9.59 Å². The van der Waals surface area contributed by atoms with E-state index in [1.54, 1.807) is 14.0 Å². The van der Waals surface area contributed by atoms with Gasteiger partial charge in [0.15, 0.2) is 0 Å². The molecule has 2 amide bonds. The molecule has 0 N–H and O–H groups in total. The lowest BCUT2D eigenvalue weighted by atomic mass is 9.74. The van der Waals surface area contributed by atoms with E-state index in [-0.39, 0.29) is 23.1 Å². The van der Waals surface area contributed by atoms with Gasteiger partial charge in [0.05, 0.1) is 7.11 Å². The van der Waals surface area contributed by atoms with Crippen LogP contribution < -0.4 is 9.64 Å². The second-order valence-corrected chi connectivity index (χ2v) is 9.53. The zero-order chi connectivity index (χ0) is 22.9. The van der Waals surface area contributed by atoms with Crippen LogP contribution in [0, 0.1) is 5.92 Å². The minimum Gasteiger partial charge on any atom is -0.496 e. The number of benzene rings is 2. The van der Waals surface area contributed by atoms with Crippen molar-refractivity contribution >= 4 is 17.5 Å². The molecule has 4 rings (SSSR count). The number of amides is 2. The van der Waals surface area contributed by atoms with Gasteiger partial charge >= 0.3 is 0 Å². The molecule has 1 fully saturated rings. The van der Waals surface area contributed by atoms with Gasteiger partial charge in [-0.1, -0.05) is 44.2 Å². The number of hydrogen-bond donors (Lipinski definition) is 0. The maximum Gasteiger partial charge on any atom is 0.229 e. The number of methoxy groups -OCH3 is 1. The SMILES string of the molecule is COc1cc2c(cc1CCc1ccccc1)N(C(=O)C(C)C)CC21CCN(C(C)=O)CC1. The first-order valence-corrected chi connectivity index (χ1v) is 11.7. The quantitative estimate of drug-likeness (QED) is 0.702. The normalized spacial score (nSPS) is 17.0. The van der Waals surface area contributed by atoms with Crippen molar-refractivity contribution in [3.63, 3.8) is 0 Å². The lowest BCUT2D eigenvalue weighted by Crippen LogP contribution is -2.47. The van der Waals surface area contributed by atoms with Crippen LogP contribution in [0.25, 0.3) is 0 Å². The molecule has 32 heavy (non-hydrogen) atoms. The molecular formula is C27H34N2O3. The first-order chi connectivity index (χ1) is 15.3. The number of ether oxygens (including phenoxy) is 1. The second kappa shape index (κ2) is 8.97. The number of carbonyl (C=O) groups excluding carboxylic acids is 2. The summed E-state index contributed by atoms with van der Waals surface area (Å²) in [4.78, 5) is 29.0. The highest BCUT2D eigenvalue weighted by atomic mass is 16.5. The highest BCUT2D eigenvalue weighted by molar-refractivity contribution is 5.98. The number of rotatable bonds is 5. The number of carbonyl (C=O) groups is 2. The van der Waals surface area contributed by atoms with E-state index in [1.165, 1.54) is 11.1 Å². The number of nitrogens with zero attached hydrogens (tertiary/aromatic N) is 2. The number of piperidine rings is 1. The molecule has 0 unspecified atom stereocenters. The number of anilines is 1. The molecule has 0 saturated carbocycles. The maximum atomic E-state index is 13.2. The largest absolute Gasteiger partial charge is 0.496 e. The van der Waals surface area contributed by atoms with Crippen LogP contribution in [0.2, 0.25) is 0 Å². The van der Waals surface area contributed by atoms with Gasteiger partial charge in [-0.2, -0.15) is 0 Å². The molecule has 0 radical (unpaired) electrons. The molecule has 0 aliphatic carbocycles. The Morgan fingerprint density at radius 3 is 2.34 bits per heavy atom. The summed E-state index contributed by atoms with van der Waals surface area (Å²) < 4.78 is 5.83. The molecule has 0 atom stereocenters. The molecule has 170 valence electrons. The highest BCUT2D eigenvalue weighted by Crippen LogP contribution is 2.49. The first kappa shape index (κ1) is 22.4. The molecule has 2 aromatic carbocycles. The van der Waals surface area contributed by atoms with E-state index in [1.807, 2.05) is 29.7 Å². The van der Waals surface area contributed by atoms with E-state index < -0.39 is 0 Å². The van der Waals surface area contributed by atoms with E-state index >= 15 is 0 Å². The molecular weight excluding hydrogens is 400 g/mol. The summed E-state index contributed by atoms with van der Waals surface area (Å²) in [6.45, 7) is 7.72. The van der Waals surface area contributed by atoms with Gasteiger partial charge in [0.2, 0.25) is 11.8 Å². The zero-order valence-electron chi connectivity index (χ0n) is 19.7. The van der Waals surface area contributed by atoms with Gasteiger partial charge in [-0.05, 0) is 54.5 Å². The van der Waals surface area contributed by atoms with Gasteiger partial charge < -0.3 is 14.5 Å². The van der Waals surface area contributed by atoms with E-state index in [0.717, 1.165) is 55.8 Å². The van der Waals surface area contributed by atoms with Crippen LogP contribution in [0.1, 0.15) is 50.3 Å². The summed E-state index contributed by atoms with van der Waals surface area (Å²) in [7, 11) is 1.73. The molecule has 0 aromatic heterocycles. The topological polar surface area (TPSA) is 49.9 Å². The van der Waals surface area contributed by atoms with Gasteiger partial charge in [0.25, 0.3) is 0 Å². The average Bonchev–Trinajstić information content (AvgIpc) is 3.10. The van der Waals surface area contributed by atoms with E-state index in [2.05, 4.69) is 36.4 Å². The lowest BCUT2D eigenvalue weighted by Gasteiger charge is -2.39. The molecule has 0 bridgehead atoms. The molecule has 1 spiro atoms. The predicted octanol–water partition coefficient (Wildman–Crippen LogP) is 4.36. The van der Waals surface area contributed by atoms with E-state index in [0.29, 0.717) is 6.54 Å². The Kier molecular flexibility index (Phi) is 6.27. The van der Waals surface area contributed by atoms with Crippen molar-refractivity contribution in [2.45, 2.75) is 51.9 Å². The standard InChI is InChI=1S/C27H34N2O3/c1-19(2)26(31)29-18-27(12-14-28(15-13-27)20(3)30)23-17-25(32-4)22(16-24(23)29)11-10-21-8-6-5-7-9-21/h5-9,16-17,19H,10-15,18H2,1-4H3. The minimum absolute atomic E-state index is 0.0646. The molecule has 2 heterocycles. The summed E-state index contributed by atoms with van der Waals surface area (Å²) in [6.07, 6.45) is 3.52. The maximum absolute atomic E-state index is 13.2. The van der Waals surface area contributed by atoms with Crippen LogP contribution in [0.4, 0.5) is 5.69 Å². The summed E-state index contributed by atoms with van der Waals surface area (Å²) in [5, 5.41) is 0. The van der Waals surface area contributed by atoms with E-state index in [4.69, 9.17) is 4.74 Å². The third-order valence-corrected chi connectivity index (χ3v) is 7.17. The molecule has 5 heteroatoms. The van der Waals surface area contributed by atoms with Crippen molar-refractivity contribution in [2.75, 3.05) is 31.6 Å². The fraction of sp³-hybridized carbons (Fsp3) is 0.481. The van der Waals surface area contributed by atoms with Gasteiger partial charge in [0, 0.05) is 43.6 Å². The monoisotopic (exact) mass is 434 g/mol. The predicted molar refractivity (Wildman–Crippen MR) is 127 cm³/mol. The van der Waals surface area contributed by atoms with Gasteiger partial charge in [-0.25, -0.2) is 0 Å². The van der Waals surface area contributed by atoms with Crippen LogP contribution in [-0.2, 0) is 27.8 Å². The van der Waals surface area contributed by atoms with Crippen LogP contribution >= 0.6 is 0 Å². The smallest absolute Gasteiger partial charge is 0.229 e. The molecule has 2 aliphatic heterocycles. The van der Waals surface area contributed by atoms with Gasteiger partial charge in [0.1, 0.15) is 5.75 Å². The fourth-order valence-corrected chi connectivity index (χ4v) is 5.23. The minimum atomic E-state index is -0.114. The average molecular weight is 435 g/mol. The fourth-order valence-electron chi connectivity index (χ4n) is 5.23. The molecule has 5 nitrogen and oxygen atoms in total. The third kappa shape index (κ3) is 4.13. The Hall–Kier alpha value is -2.82. The summed E-state index contributed by atoms with van der Waals surface area (Å²) in [5.74, 6) is 1.12. The number of aryl methyl sites for hydroxylation is 2. The van der Waals surface area contributed by atoms with E-state index in [9.17, 15) is 9.59 Å². The van der Waals surface area contributed by atoms with Crippen LogP contribution in [-0.4, -0.2) is 43.5 Å². The Morgan fingerprint density at radius 2 is 1.75 bits per heavy atom. The van der Waals surface area contributed by atoms with Crippen molar-refractivity contribution in [1.29, 1.82) is 0 Å². The Bertz CT molecular complexity index is 991. The number of fused-ring (bicyclic) bond motifs is 2. The zero-order valence-corrected chi connectivity index (χ0v) is 19.7. The van der Waals surface area contributed by atoms with Crippen molar-refractivity contribution < 1.29 is 14.3 Å². The number of hydrogen-bond acceptors (Lipinski definition) is 3.